The third-order valence-corrected chi connectivity index (χ3v) is 8.90. The predicted molar refractivity (Wildman–Crippen MR) is 156 cm³/mol. The zero-order chi connectivity index (χ0) is 27.9. The molecule has 202 valence electrons. The van der Waals surface area contributed by atoms with E-state index in [1.807, 2.05) is 62.5 Å². The van der Waals surface area contributed by atoms with Crippen LogP contribution in [0.4, 0.5) is 4.39 Å². The molecular formula is C30H30BrClFN5O. The molecule has 1 fully saturated rings. The van der Waals surface area contributed by atoms with Gasteiger partial charge in [-0.15, -0.1) is 5.10 Å². The van der Waals surface area contributed by atoms with E-state index in [1.54, 1.807) is 15.6 Å². The van der Waals surface area contributed by atoms with Gasteiger partial charge in [-0.1, -0.05) is 41.1 Å². The summed E-state index contributed by atoms with van der Waals surface area (Å²) in [7, 11) is 0. The van der Waals surface area contributed by atoms with Crippen molar-refractivity contribution < 1.29 is 9.18 Å². The van der Waals surface area contributed by atoms with Crippen LogP contribution < -0.4 is 0 Å². The second-order valence-electron chi connectivity index (χ2n) is 10.5. The minimum atomic E-state index is -0.496. The maximum atomic E-state index is 15.1. The summed E-state index contributed by atoms with van der Waals surface area (Å²) in [5, 5.41) is 9.39. The molecule has 0 bridgehead atoms. The second kappa shape index (κ2) is 10.8. The van der Waals surface area contributed by atoms with Gasteiger partial charge in [-0.3, -0.25) is 9.69 Å². The summed E-state index contributed by atoms with van der Waals surface area (Å²) in [4.78, 5) is 17.2. The Kier molecular flexibility index (Phi) is 7.64. The van der Waals surface area contributed by atoms with Gasteiger partial charge in [-0.05, 0) is 96.2 Å². The van der Waals surface area contributed by atoms with Crippen LogP contribution in [0, 0.1) is 19.7 Å². The van der Waals surface area contributed by atoms with Crippen molar-refractivity contribution in [3.05, 3.63) is 98.5 Å². The van der Waals surface area contributed by atoms with Crippen molar-refractivity contribution in [1.82, 2.24) is 24.8 Å². The number of benzene rings is 3. The third-order valence-electron chi connectivity index (χ3n) is 7.69. The predicted octanol–water partition coefficient (Wildman–Crippen LogP) is 6.80. The van der Waals surface area contributed by atoms with Crippen molar-refractivity contribution in [2.24, 2.45) is 0 Å². The van der Waals surface area contributed by atoms with E-state index in [-0.39, 0.29) is 11.5 Å². The number of carbonyl (C=O) groups excluding carboxylic acids is 1. The summed E-state index contributed by atoms with van der Waals surface area (Å²) in [6.45, 7) is 10.6. The van der Waals surface area contributed by atoms with E-state index < -0.39 is 11.4 Å². The monoisotopic (exact) mass is 609 g/mol. The number of piperazine rings is 1. The maximum Gasteiger partial charge on any atom is 0.256 e. The summed E-state index contributed by atoms with van der Waals surface area (Å²) < 4.78 is 17.6. The Morgan fingerprint density at radius 1 is 0.949 bits per heavy atom. The van der Waals surface area contributed by atoms with Gasteiger partial charge >= 0.3 is 0 Å². The van der Waals surface area contributed by atoms with E-state index in [4.69, 9.17) is 11.6 Å². The van der Waals surface area contributed by atoms with Crippen LogP contribution in [0.1, 0.15) is 41.0 Å². The number of rotatable bonds is 5. The van der Waals surface area contributed by atoms with Crippen LogP contribution in [0.15, 0.2) is 65.3 Å². The van der Waals surface area contributed by atoms with Gasteiger partial charge in [0.1, 0.15) is 11.5 Å². The van der Waals surface area contributed by atoms with Gasteiger partial charge in [-0.25, -0.2) is 9.07 Å². The van der Waals surface area contributed by atoms with Gasteiger partial charge in [0, 0.05) is 30.7 Å². The molecule has 1 aliphatic rings. The Hall–Kier alpha value is -3.07. The van der Waals surface area contributed by atoms with Crippen molar-refractivity contribution in [1.29, 1.82) is 0 Å². The minimum Gasteiger partial charge on any atom is -0.336 e. The molecule has 9 heteroatoms. The molecule has 0 aliphatic carbocycles. The zero-order valence-electron chi connectivity index (χ0n) is 22.4. The lowest BCUT2D eigenvalue weighted by Gasteiger charge is -2.43. The molecule has 4 aromatic rings. The van der Waals surface area contributed by atoms with Crippen molar-refractivity contribution in [3.63, 3.8) is 0 Å². The fourth-order valence-corrected chi connectivity index (χ4v) is 5.37. The molecule has 1 aliphatic heterocycles. The molecule has 1 aromatic heterocycles. The van der Waals surface area contributed by atoms with Crippen molar-refractivity contribution >= 4 is 33.4 Å². The number of carbonyl (C=O) groups is 1. The molecule has 0 unspecified atom stereocenters. The minimum absolute atomic E-state index is 0.104. The molecule has 0 spiro atoms. The number of hydrogen-bond donors (Lipinski definition) is 0. The summed E-state index contributed by atoms with van der Waals surface area (Å²) in [5.74, 6) is -0.778. The van der Waals surface area contributed by atoms with Crippen LogP contribution in [0.5, 0.6) is 0 Å². The van der Waals surface area contributed by atoms with Crippen LogP contribution in [-0.2, 0) is 5.54 Å². The highest BCUT2D eigenvalue weighted by Gasteiger charge is 2.35. The lowest BCUT2D eigenvalue weighted by Crippen LogP contribution is -2.54. The molecule has 3 aromatic carbocycles. The molecule has 0 radical (unpaired) electrons. The molecule has 0 saturated carbocycles. The zero-order valence-corrected chi connectivity index (χ0v) is 24.7. The van der Waals surface area contributed by atoms with Gasteiger partial charge in [-0.2, -0.15) is 0 Å². The summed E-state index contributed by atoms with van der Waals surface area (Å²) in [6, 6.07) is 16.5. The van der Waals surface area contributed by atoms with E-state index in [0.717, 1.165) is 32.5 Å². The Balaban J connectivity index is 1.26. The summed E-state index contributed by atoms with van der Waals surface area (Å²) >= 11 is 9.58. The lowest BCUT2D eigenvalue weighted by molar-refractivity contribution is 0.0375. The fourth-order valence-electron chi connectivity index (χ4n) is 4.89. The Morgan fingerprint density at radius 3 is 2.31 bits per heavy atom. The average Bonchev–Trinajstić information content (AvgIpc) is 3.43. The van der Waals surface area contributed by atoms with E-state index in [2.05, 4.69) is 45.0 Å². The lowest BCUT2D eigenvalue weighted by atomic mass is 9.97. The van der Waals surface area contributed by atoms with Crippen LogP contribution in [-0.4, -0.2) is 56.9 Å². The van der Waals surface area contributed by atoms with E-state index >= 15 is 4.39 Å². The Morgan fingerprint density at radius 2 is 1.64 bits per heavy atom. The highest BCUT2D eigenvalue weighted by molar-refractivity contribution is 9.10. The van der Waals surface area contributed by atoms with Crippen LogP contribution in [0.25, 0.3) is 16.8 Å². The highest BCUT2D eigenvalue weighted by atomic mass is 79.9. The van der Waals surface area contributed by atoms with E-state index in [1.165, 1.54) is 11.6 Å². The summed E-state index contributed by atoms with van der Waals surface area (Å²) in [5.41, 5.74) is 5.40. The fraction of sp³-hybridized carbons (Fsp3) is 0.300. The normalized spacial score (nSPS) is 14.6. The topological polar surface area (TPSA) is 54.3 Å². The molecule has 0 N–H and O–H groups in total. The quantitative estimate of drug-likeness (QED) is 0.249. The first-order valence-electron chi connectivity index (χ1n) is 12.8. The van der Waals surface area contributed by atoms with Crippen LogP contribution in [0.3, 0.4) is 0 Å². The molecule has 1 saturated heterocycles. The second-order valence-corrected chi connectivity index (χ2v) is 11.7. The van der Waals surface area contributed by atoms with E-state index in [0.29, 0.717) is 31.2 Å². The SMILES string of the molecule is Cc1ccc(-c2ccc(C(=O)N3CCN(C(C)(C)c4cn(-c5ccc(Cl)c(Br)c5)nn4)CC3)c(F)c2)cc1C. The average molecular weight is 611 g/mol. The van der Waals surface area contributed by atoms with Gasteiger partial charge in [0.25, 0.3) is 5.91 Å². The van der Waals surface area contributed by atoms with Gasteiger partial charge in [0.2, 0.25) is 0 Å². The smallest absolute Gasteiger partial charge is 0.256 e. The first-order chi connectivity index (χ1) is 18.5. The number of amides is 1. The molecule has 0 atom stereocenters. The van der Waals surface area contributed by atoms with Crippen molar-refractivity contribution in [3.8, 4) is 16.8 Å². The number of aromatic nitrogens is 3. The molecule has 6 nitrogen and oxygen atoms in total. The largest absolute Gasteiger partial charge is 0.336 e. The number of hydrogen-bond acceptors (Lipinski definition) is 4. The Bertz CT molecular complexity index is 1540. The Labute approximate surface area is 241 Å². The molecular weight excluding hydrogens is 581 g/mol. The van der Waals surface area contributed by atoms with Gasteiger partial charge in [0.15, 0.2) is 0 Å². The van der Waals surface area contributed by atoms with Crippen molar-refractivity contribution in [2.45, 2.75) is 33.2 Å². The van der Waals surface area contributed by atoms with Gasteiger partial charge < -0.3 is 4.90 Å². The number of halogens is 3. The van der Waals surface area contributed by atoms with Crippen LogP contribution in [0.2, 0.25) is 5.02 Å². The van der Waals surface area contributed by atoms with Crippen LogP contribution >= 0.6 is 27.5 Å². The molecule has 5 rings (SSSR count). The van der Waals surface area contributed by atoms with Gasteiger partial charge in [0.05, 0.1) is 28.0 Å². The molecule has 1 amide bonds. The highest BCUT2D eigenvalue weighted by Crippen LogP contribution is 2.30. The molecule has 39 heavy (non-hydrogen) atoms. The number of aryl methyl sites for hydroxylation is 2. The first-order valence-corrected chi connectivity index (χ1v) is 14.0. The van der Waals surface area contributed by atoms with E-state index in [9.17, 15) is 4.79 Å². The van der Waals surface area contributed by atoms with Crippen molar-refractivity contribution in [2.75, 3.05) is 26.2 Å². The standard InChI is InChI=1S/C30H30BrClFN5O/c1-19-5-6-21(15-20(19)2)22-7-9-24(27(33)16-22)29(39)36-11-13-37(14-12-36)30(3,4)28-18-38(35-34-28)23-8-10-26(32)25(31)17-23/h5-10,15-18H,11-14H2,1-4H3. The first kappa shape index (κ1) is 27.5. The maximum absolute atomic E-state index is 15.1. The number of nitrogens with zero attached hydrogens (tertiary/aromatic N) is 5. The molecule has 2 heterocycles. The summed E-state index contributed by atoms with van der Waals surface area (Å²) in [6.07, 6.45) is 1.92. The third kappa shape index (κ3) is 5.51.